The number of amides is 2. The third-order valence-corrected chi connectivity index (χ3v) is 7.72. The molecule has 5 rings (SSSR count). The van der Waals surface area contributed by atoms with E-state index in [9.17, 15) is 14.0 Å². The molecule has 3 aromatic rings. The number of carbonyl (C=O) groups is 2. The van der Waals surface area contributed by atoms with Gasteiger partial charge >= 0.3 is 0 Å². The van der Waals surface area contributed by atoms with Crippen LogP contribution in [0.3, 0.4) is 0 Å². The molecule has 2 aliphatic heterocycles. The number of benzene rings is 2. The number of hydrogen-bond donors (Lipinski definition) is 0. The zero-order valence-electron chi connectivity index (χ0n) is 22.3. The first-order valence-corrected chi connectivity index (χ1v) is 13.7. The van der Waals surface area contributed by atoms with Crippen LogP contribution in [0.2, 0.25) is 0 Å². The maximum Gasteiger partial charge on any atom is 0.226 e. The standard InChI is InChI=1S/C31H35FN4O3/c1-23(37)35-17-14-27-12-13-28(36(27)21-26-9-4-5-16-33-26)22-34(20-24-7-2-3-11-30(24)35)31(38)15-18-39-29-10-6-8-25(32)19-29/h2-11,16,19,27-28H,12-15,17-18,20-22H2,1H3/t27-,28+/m0/s1. The Hall–Kier alpha value is -3.78. The Morgan fingerprint density at radius 2 is 1.82 bits per heavy atom. The third-order valence-electron chi connectivity index (χ3n) is 7.72. The van der Waals surface area contributed by atoms with Gasteiger partial charge in [-0.1, -0.05) is 30.3 Å². The summed E-state index contributed by atoms with van der Waals surface area (Å²) in [4.78, 5) is 37.2. The first-order valence-electron chi connectivity index (χ1n) is 13.7. The summed E-state index contributed by atoms with van der Waals surface area (Å²) in [5.41, 5.74) is 2.80. The number of rotatable bonds is 6. The van der Waals surface area contributed by atoms with Gasteiger partial charge < -0.3 is 14.5 Å². The lowest BCUT2D eigenvalue weighted by atomic mass is 10.1. The highest BCUT2D eigenvalue weighted by Gasteiger charge is 2.36. The maximum atomic E-state index is 13.6. The molecule has 2 atom stereocenters. The molecule has 0 radical (unpaired) electrons. The normalized spacial score (nSPS) is 19.7. The van der Waals surface area contributed by atoms with Gasteiger partial charge in [0.2, 0.25) is 11.8 Å². The van der Waals surface area contributed by atoms with E-state index in [-0.39, 0.29) is 42.7 Å². The van der Waals surface area contributed by atoms with E-state index in [1.807, 2.05) is 58.5 Å². The van der Waals surface area contributed by atoms with Crippen LogP contribution in [0.25, 0.3) is 0 Å². The van der Waals surface area contributed by atoms with Gasteiger partial charge in [0.05, 0.1) is 18.7 Å². The van der Waals surface area contributed by atoms with Crippen molar-refractivity contribution in [1.29, 1.82) is 0 Å². The fraction of sp³-hybridized carbons (Fsp3) is 0.387. The van der Waals surface area contributed by atoms with Crippen LogP contribution in [0.4, 0.5) is 10.1 Å². The molecule has 8 heteroatoms. The second-order valence-corrected chi connectivity index (χ2v) is 10.3. The summed E-state index contributed by atoms with van der Waals surface area (Å²) in [5.74, 6) is -0.00537. The Balaban J connectivity index is 1.40. The zero-order chi connectivity index (χ0) is 27.2. The Labute approximate surface area is 229 Å². The van der Waals surface area contributed by atoms with Crippen molar-refractivity contribution in [3.63, 3.8) is 0 Å². The Morgan fingerprint density at radius 1 is 1.00 bits per heavy atom. The zero-order valence-corrected chi connectivity index (χ0v) is 22.3. The molecule has 2 bridgehead atoms. The average molecular weight is 531 g/mol. The SMILES string of the molecule is CC(=O)N1CC[C@@H]2CC[C@H](CN(C(=O)CCOc3cccc(F)c3)Cc3ccccc31)N2Cc1ccccn1. The van der Waals surface area contributed by atoms with Crippen molar-refractivity contribution < 1.29 is 18.7 Å². The van der Waals surface area contributed by atoms with E-state index in [0.29, 0.717) is 31.9 Å². The Morgan fingerprint density at radius 3 is 2.62 bits per heavy atom. The minimum absolute atomic E-state index is 0.00566. The number of aromatic nitrogens is 1. The van der Waals surface area contributed by atoms with Gasteiger partial charge in [0.25, 0.3) is 0 Å². The number of fused-ring (bicyclic) bond motifs is 3. The average Bonchev–Trinajstić information content (AvgIpc) is 3.28. The van der Waals surface area contributed by atoms with Gasteiger partial charge in [0.15, 0.2) is 0 Å². The van der Waals surface area contributed by atoms with E-state index in [1.165, 1.54) is 12.1 Å². The predicted octanol–water partition coefficient (Wildman–Crippen LogP) is 4.81. The van der Waals surface area contributed by atoms with Crippen molar-refractivity contribution in [1.82, 2.24) is 14.8 Å². The third kappa shape index (κ3) is 6.63. The summed E-state index contributed by atoms with van der Waals surface area (Å²) in [6.45, 7) is 4.07. The molecule has 1 fully saturated rings. The molecule has 3 heterocycles. The van der Waals surface area contributed by atoms with Gasteiger partial charge in [-0.25, -0.2) is 4.39 Å². The Bertz CT molecular complexity index is 1290. The number of nitrogens with zero attached hydrogens (tertiary/aromatic N) is 4. The molecule has 1 saturated heterocycles. The summed E-state index contributed by atoms with van der Waals surface area (Å²) >= 11 is 0. The van der Waals surface area contributed by atoms with E-state index >= 15 is 0 Å². The number of halogens is 1. The minimum Gasteiger partial charge on any atom is -0.493 e. The molecule has 1 aromatic heterocycles. The molecule has 0 aliphatic carbocycles. The van der Waals surface area contributed by atoms with Crippen LogP contribution in [0.5, 0.6) is 5.75 Å². The molecule has 2 aromatic carbocycles. The molecule has 0 spiro atoms. The van der Waals surface area contributed by atoms with E-state index in [1.54, 1.807) is 19.1 Å². The minimum atomic E-state index is -0.374. The van der Waals surface area contributed by atoms with Crippen molar-refractivity contribution in [3.05, 3.63) is 90.0 Å². The summed E-state index contributed by atoms with van der Waals surface area (Å²) in [7, 11) is 0. The van der Waals surface area contributed by atoms with E-state index < -0.39 is 0 Å². The van der Waals surface area contributed by atoms with Crippen LogP contribution in [-0.2, 0) is 22.7 Å². The predicted molar refractivity (Wildman–Crippen MR) is 148 cm³/mol. The fourth-order valence-corrected chi connectivity index (χ4v) is 5.78. The number of pyridine rings is 1. The van der Waals surface area contributed by atoms with Crippen molar-refractivity contribution in [3.8, 4) is 5.75 Å². The molecule has 2 aliphatic rings. The highest BCUT2D eigenvalue weighted by molar-refractivity contribution is 5.92. The number of para-hydroxylation sites is 1. The second kappa shape index (κ2) is 12.4. The molecule has 0 unspecified atom stereocenters. The molecule has 2 amide bonds. The molecule has 0 saturated carbocycles. The lowest BCUT2D eigenvalue weighted by molar-refractivity contribution is -0.133. The smallest absolute Gasteiger partial charge is 0.226 e. The van der Waals surface area contributed by atoms with Gasteiger partial charge in [-0.05, 0) is 55.2 Å². The molecule has 0 N–H and O–H groups in total. The monoisotopic (exact) mass is 530 g/mol. The molecular weight excluding hydrogens is 495 g/mol. The van der Waals surface area contributed by atoms with Crippen molar-refractivity contribution >= 4 is 17.5 Å². The van der Waals surface area contributed by atoms with Crippen LogP contribution in [-0.4, -0.2) is 58.4 Å². The maximum absolute atomic E-state index is 13.6. The van der Waals surface area contributed by atoms with Gasteiger partial charge in [-0.15, -0.1) is 0 Å². The topological polar surface area (TPSA) is 66.0 Å². The van der Waals surface area contributed by atoms with Crippen LogP contribution >= 0.6 is 0 Å². The quantitative estimate of drug-likeness (QED) is 0.458. The van der Waals surface area contributed by atoms with Crippen LogP contribution in [0, 0.1) is 5.82 Å². The van der Waals surface area contributed by atoms with Crippen LogP contribution in [0.15, 0.2) is 72.9 Å². The van der Waals surface area contributed by atoms with Crippen LogP contribution in [0.1, 0.15) is 43.9 Å². The molecular formula is C31H35FN4O3. The van der Waals surface area contributed by atoms with E-state index in [4.69, 9.17) is 4.74 Å². The summed E-state index contributed by atoms with van der Waals surface area (Å²) in [5, 5.41) is 0. The fourth-order valence-electron chi connectivity index (χ4n) is 5.78. The number of hydrogen-bond acceptors (Lipinski definition) is 5. The molecule has 7 nitrogen and oxygen atoms in total. The van der Waals surface area contributed by atoms with Gasteiger partial charge in [0.1, 0.15) is 11.6 Å². The van der Waals surface area contributed by atoms with Crippen LogP contribution < -0.4 is 9.64 Å². The molecule has 39 heavy (non-hydrogen) atoms. The summed E-state index contributed by atoms with van der Waals surface area (Å²) in [6.07, 6.45) is 4.82. The second-order valence-electron chi connectivity index (χ2n) is 10.3. The largest absolute Gasteiger partial charge is 0.493 e. The molecule has 204 valence electrons. The summed E-state index contributed by atoms with van der Waals surface area (Å²) in [6, 6.07) is 20.2. The van der Waals surface area contributed by atoms with Crippen molar-refractivity contribution in [2.75, 3.05) is 24.6 Å². The van der Waals surface area contributed by atoms with Gasteiger partial charge in [-0.2, -0.15) is 0 Å². The van der Waals surface area contributed by atoms with Crippen molar-refractivity contribution in [2.45, 2.75) is 57.8 Å². The highest BCUT2D eigenvalue weighted by atomic mass is 19.1. The van der Waals surface area contributed by atoms with Gasteiger partial charge in [0, 0.05) is 63.1 Å². The highest BCUT2D eigenvalue weighted by Crippen LogP contribution is 2.32. The van der Waals surface area contributed by atoms with Gasteiger partial charge in [-0.3, -0.25) is 19.5 Å². The lowest BCUT2D eigenvalue weighted by Gasteiger charge is -2.33. The van der Waals surface area contributed by atoms with Crippen molar-refractivity contribution in [2.24, 2.45) is 0 Å². The van der Waals surface area contributed by atoms with E-state index in [0.717, 1.165) is 36.2 Å². The number of anilines is 1. The van der Waals surface area contributed by atoms with E-state index in [2.05, 4.69) is 9.88 Å². The first kappa shape index (κ1) is 26.8. The number of ether oxygens (including phenoxy) is 1. The lowest BCUT2D eigenvalue weighted by Crippen LogP contribution is -2.45. The number of carbonyl (C=O) groups excluding carboxylic acids is 2. The summed E-state index contributed by atoms with van der Waals surface area (Å²) < 4.78 is 19.2. The Kier molecular flexibility index (Phi) is 8.51. The first-order chi connectivity index (χ1) is 19.0.